The Bertz CT molecular complexity index is 725. The summed E-state index contributed by atoms with van der Waals surface area (Å²) in [7, 11) is 0. The van der Waals surface area contributed by atoms with Gasteiger partial charge in [0.1, 0.15) is 11.2 Å². The van der Waals surface area contributed by atoms with Crippen LogP contribution in [0.2, 0.25) is 0 Å². The van der Waals surface area contributed by atoms with Crippen LogP contribution in [0.25, 0.3) is 0 Å². The highest BCUT2D eigenvalue weighted by Gasteiger charge is 2.56. The molecule has 152 valence electrons. The number of nitrogens with zero attached hydrogens (tertiary/aromatic N) is 1. The van der Waals surface area contributed by atoms with Crippen LogP contribution in [0.5, 0.6) is 0 Å². The van der Waals surface area contributed by atoms with E-state index < -0.39 is 5.41 Å². The summed E-state index contributed by atoms with van der Waals surface area (Å²) in [4.78, 5) is 38.6. The lowest BCUT2D eigenvalue weighted by Gasteiger charge is -2.32. The molecule has 0 atom stereocenters. The van der Waals surface area contributed by atoms with E-state index in [2.05, 4.69) is 10.6 Å². The number of carbonyl (C=O) groups is 3. The summed E-state index contributed by atoms with van der Waals surface area (Å²) in [5.41, 5.74) is -0.226. The zero-order chi connectivity index (χ0) is 20.1. The van der Waals surface area contributed by atoms with Crippen molar-refractivity contribution in [3.05, 3.63) is 35.6 Å². The summed E-state index contributed by atoms with van der Waals surface area (Å²) in [6.45, 7) is 3.40. The minimum atomic E-state index is -1.00. The number of piperidine rings is 1. The molecule has 8 heteroatoms. The zero-order valence-electron chi connectivity index (χ0n) is 16.0. The van der Waals surface area contributed by atoms with Gasteiger partial charge in [0.15, 0.2) is 0 Å². The first-order valence-electron chi connectivity index (χ1n) is 9.70. The Morgan fingerprint density at radius 1 is 1.14 bits per heavy atom. The monoisotopic (exact) mass is 391 g/mol. The molecule has 1 aliphatic heterocycles. The fourth-order valence-corrected chi connectivity index (χ4v) is 3.38. The zero-order valence-corrected chi connectivity index (χ0v) is 16.0. The van der Waals surface area contributed by atoms with E-state index in [0.29, 0.717) is 45.4 Å². The number of nitrogens with one attached hydrogen (secondary N) is 2. The predicted octanol–water partition coefficient (Wildman–Crippen LogP) is 1.96. The van der Waals surface area contributed by atoms with Crippen LogP contribution in [0.1, 0.15) is 38.2 Å². The van der Waals surface area contributed by atoms with Crippen molar-refractivity contribution in [2.45, 2.75) is 45.2 Å². The fraction of sp³-hybridized carbons (Fsp3) is 0.550. The average Bonchev–Trinajstić information content (AvgIpc) is 3.50. The summed E-state index contributed by atoms with van der Waals surface area (Å²) >= 11 is 0. The minimum Gasteiger partial charge on any atom is -0.450 e. The first-order valence-corrected chi connectivity index (χ1v) is 9.70. The Balaban J connectivity index is 1.46. The first-order chi connectivity index (χ1) is 13.4. The van der Waals surface area contributed by atoms with E-state index in [4.69, 9.17) is 4.74 Å². The molecule has 3 amide bonds. The van der Waals surface area contributed by atoms with Crippen molar-refractivity contribution < 1.29 is 23.5 Å². The maximum atomic E-state index is 13.0. The average molecular weight is 391 g/mol. The maximum absolute atomic E-state index is 13.0. The van der Waals surface area contributed by atoms with E-state index in [9.17, 15) is 18.8 Å². The largest absolute Gasteiger partial charge is 0.450 e. The van der Waals surface area contributed by atoms with E-state index in [1.165, 1.54) is 12.1 Å². The fourth-order valence-electron chi connectivity index (χ4n) is 3.38. The summed E-state index contributed by atoms with van der Waals surface area (Å²) in [5.74, 6) is -0.876. The molecule has 0 unspecified atom stereocenters. The Morgan fingerprint density at radius 2 is 1.79 bits per heavy atom. The second-order valence-corrected chi connectivity index (χ2v) is 7.32. The van der Waals surface area contributed by atoms with E-state index in [0.717, 1.165) is 5.56 Å². The Morgan fingerprint density at radius 3 is 2.36 bits per heavy atom. The summed E-state index contributed by atoms with van der Waals surface area (Å²) in [5, 5.41) is 5.76. The number of hydrogen-bond acceptors (Lipinski definition) is 4. The quantitative estimate of drug-likeness (QED) is 0.726. The van der Waals surface area contributed by atoms with Crippen LogP contribution in [-0.2, 0) is 20.9 Å². The van der Waals surface area contributed by atoms with Crippen LogP contribution < -0.4 is 10.6 Å². The molecule has 28 heavy (non-hydrogen) atoms. The lowest BCUT2D eigenvalue weighted by Crippen LogP contribution is -2.50. The molecule has 1 saturated heterocycles. The van der Waals surface area contributed by atoms with E-state index in [-0.39, 0.29) is 36.3 Å². The number of rotatable bonds is 6. The van der Waals surface area contributed by atoms with Gasteiger partial charge in [-0.15, -0.1) is 0 Å². The van der Waals surface area contributed by atoms with Gasteiger partial charge in [-0.1, -0.05) is 12.1 Å². The van der Waals surface area contributed by atoms with Gasteiger partial charge in [0, 0.05) is 25.7 Å². The second kappa shape index (κ2) is 8.58. The van der Waals surface area contributed by atoms with Crippen molar-refractivity contribution in [2.75, 3.05) is 19.7 Å². The van der Waals surface area contributed by atoms with Gasteiger partial charge in [0.25, 0.3) is 0 Å². The van der Waals surface area contributed by atoms with Crippen molar-refractivity contribution in [2.24, 2.45) is 5.41 Å². The molecule has 2 fully saturated rings. The summed E-state index contributed by atoms with van der Waals surface area (Å²) in [6.07, 6.45) is 1.99. The molecular formula is C20H26FN3O4. The number of halogens is 1. The van der Waals surface area contributed by atoms with Gasteiger partial charge in [-0.2, -0.15) is 0 Å². The number of amides is 3. The molecule has 1 aromatic carbocycles. The molecule has 1 saturated carbocycles. The molecule has 0 spiro atoms. The summed E-state index contributed by atoms with van der Waals surface area (Å²) in [6, 6.07) is 5.83. The molecule has 2 N–H and O–H groups in total. The third-order valence-electron chi connectivity index (χ3n) is 5.34. The topological polar surface area (TPSA) is 87.7 Å². The number of ether oxygens (including phenoxy) is 1. The Hall–Kier alpha value is -2.64. The van der Waals surface area contributed by atoms with E-state index in [1.54, 1.807) is 24.0 Å². The molecule has 3 rings (SSSR count). The van der Waals surface area contributed by atoms with Crippen LogP contribution in [0.15, 0.2) is 24.3 Å². The van der Waals surface area contributed by atoms with Crippen molar-refractivity contribution in [1.82, 2.24) is 15.5 Å². The van der Waals surface area contributed by atoms with Gasteiger partial charge in [-0.3, -0.25) is 9.59 Å². The predicted molar refractivity (Wildman–Crippen MR) is 99.7 cm³/mol. The lowest BCUT2D eigenvalue weighted by atomic mass is 10.0. The van der Waals surface area contributed by atoms with Crippen LogP contribution in [0.3, 0.4) is 0 Å². The van der Waals surface area contributed by atoms with Crippen molar-refractivity contribution in [3.8, 4) is 0 Å². The number of carbonyl (C=O) groups excluding carboxylic acids is 3. The summed E-state index contributed by atoms with van der Waals surface area (Å²) < 4.78 is 17.9. The molecule has 1 aliphatic carbocycles. The Labute approximate surface area is 163 Å². The van der Waals surface area contributed by atoms with Crippen molar-refractivity contribution >= 4 is 17.9 Å². The third kappa shape index (κ3) is 4.61. The third-order valence-corrected chi connectivity index (χ3v) is 5.34. The van der Waals surface area contributed by atoms with Gasteiger partial charge in [-0.25, -0.2) is 9.18 Å². The number of benzene rings is 1. The first kappa shape index (κ1) is 20.1. The van der Waals surface area contributed by atoms with Crippen molar-refractivity contribution in [3.63, 3.8) is 0 Å². The SMILES string of the molecule is CCOC(=O)N1CCC(NC(=O)C2(C(=O)NCc3ccc(F)cc3)CC2)CC1. The standard InChI is InChI=1S/C20H26FN3O4/c1-2-28-19(27)24-11-7-16(8-12-24)23-18(26)20(9-10-20)17(25)22-13-14-3-5-15(21)6-4-14/h3-6,16H,2,7-13H2,1H3,(H,22,25)(H,23,26). The molecule has 1 heterocycles. The van der Waals surface area contributed by atoms with Crippen LogP contribution in [0.4, 0.5) is 9.18 Å². The molecule has 1 aromatic rings. The van der Waals surface area contributed by atoms with E-state index in [1.807, 2.05) is 0 Å². The van der Waals surface area contributed by atoms with Gasteiger partial charge in [-0.05, 0) is 50.3 Å². The van der Waals surface area contributed by atoms with Gasteiger partial charge >= 0.3 is 6.09 Å². The van der Waals surface area contributed by atoms with Crippen LogP contribution in [-0.4, -0.2) is 48.5 Å². The number of likely N-dealkylation sites (tertiary alicyclic amines) is 1. The highest BCUT2D eigenvalue weighted by Crippen LogP contribution is 2.46. The molecular weight excluding hydrogens is 365 g/mol. The second-order valence-electron chi connectivity index (χ2n) is 7.32. The smallest absolute Gasteiger partial charge is 0.409 e. The normalized spacial score (nSPS) is 18.3. The van der Waals surface area contributed by atoms with Crippen molar-refractivity contribution in [1.29, 1.82) is 0 Å². The van der Waals surface area contributed by atoms with Gasteiger partial charge in [0.05, 0.1) is 6.61 Å². The molecule has 0 radical (unpaired) electrons. The molecule has 0 aromatic heterocycles. The Kier molecular flexibility index (Phi) is 6.16. The lowest BCUT2D eigenvalue weighted by molar-refractivity contribution is -0.137. The molecule has 2 aliphatic rings. The molecule has 0 bridgehead atoms. The van der Waals surface area contributed by atoms with E-state index >= 15 is 0 Å². The maximum Gasteiger partial charge on any atom is 0.409 e. The highest BCUT2D eigenvalue weighted by molar-refractivity contribution is 6.07. The highest BCUT2D eigenvalue weighted by atomic mass is 19.1. The van der Waals surface area contributed by atoms with Gasteiger partial charge < -0.3 is 20.3 Å². The minimum absolute atomic E-state index is 0.0550. The van der Waals surface area contributed by atoms with Crippen LogP contribution >= 0.6 is 0 Å². The van der Waals surface area contributed by atoms with Crippen LogP contribution in [0, 0.1) is 11.2 Å². The van der Waals surface area contributed by atoms with Gasteiger partial charge in [0.2, 0.25) is 11.8 Å². The molecule has 7 nitrogen and oxygen atoms in total. The number of hydrogen-bond donors (Lipinski definition) is 2.